The van der Waals surface area contributed by atoms with E-state index in [1.54, 1.807) is 4.90 Å². The molecular weight excluding hydrogens is 307 g/mol. The summed E-state index contributed by atoms with van der Waals surface area (Å²) in [4.78, 5) is 1.59. The Kier molecular flexibility index (Phi) is 4.38. The highest BCUT2D eigenvalue weighted by Gasteiger charge is 2.29. The number of rotatable bonds is 5. The van der Waals surface area contributed by atoms with Gasteiger partial charge in [-0.3, -0.25) is 0 Å². The van der Waals surface area contributed by atoms with Crippen LogP contribution < -0.4 is 10.0 Å². The van der Waals surface area contributed by atoms with Gasteiger partial charge in [0.25, 0.3) is 0 Å². The molecule has 1 heterocycles. The maximum atomic E-state index is 14.2. The molecule has 1 saturated carbocycles. The number of anilines is 1. The molecule has 0 bridgehead atoms. The van der Waals surface area contributed by atoms with Crippen molar-refractivity contribution in [3.8, 4) is 0 Å². The molecular formula is C15H21FN2O3S. The Hall–Kier alpha value is -1.18. The lowest BCUT2D eigenvalue weighted by molar-refractivity contribution is 0.0367. The Morgan fingerprint density at radius 3 is 2.77 bits per heavy atom. The molecule has 1 unspecified atom stereocenters. The van der Waals surface area contributed by atoms with E-state index in [9.17, 15) is 12.8 Å². The number of ether oxygens (including phenoxy) is 1. The minimum Gasteiger partial charge on any atom is -0.376 e. The summed E-state index contributed by atoms with van der Waals surface area (Å²) in [5.74, 6) is 0.109. The van der Waals surface area contributed by atoms with Gasteiger partial charge in [0.1, 0.15) is 10.7 Å². The minimum absolute atomic E-state index is 0.0160. The van der Waals surface area contributed by atoms with Crippen LogP contribution in [0.3, 0.4) is 0 Å². The topological polar surface area (TPSA) is 72.6 Å². The summed E-state index contributed by atoms with van der Waals surface area (Å²) < 4.78 is 43.5. The van der Waals surface area contributed by atoms with Crippen LogP contribution in [0, 0.1) is 11.7 Å². The fraction of sp³-hybridized carbons (Fsp3) is 0.600. The molecule has 0 radical (unpaired) electrons. The normalized spacial score (nSPS) is 22.8. The van der Waals surface area contributed by atoms with Gasteiger partial charge in [0, 0.05) is 19.7 Å². The summed E-state index contributed by atoms with van der Waals surface area (Å²) in [5, 5.41) is 5.22. The van der Waals surface area contributed by atoms with E-state index in [0.29, 0.717) is 19.0 Å². The predicted molar refractivity (Wildman–Crippen MR) is 81.7 cm³/mol. The number of para-hydroxylation sites is 1. The molecule has 1 aliphatic carbocycles. The van der Waals surface area contributed by atoms with Crippen molar-refractivity contribution in [2.75, 3.05) is 24.6 Å². The fourth-order valence-electron chi connectivity index (χ4n) is 2.87. The van der Waals surface area contributed by atoms with Gasteiger partial charge in [-0.2, -0.15) is 0 Å². The first-order valence-electron chi connectivity index (χ1n) is 7.63. The zero-order valence-corrected chi connectivity index (χ0v) is 13.2. The molecule has 122 valence electrons. The van der Waals surface area contributed by atoms with Crippen molar-refractivity contribution in [1.82, 2.24) is 0 Å². The second kappa shape index (κ2) is 6.14. The van der Waals surface area contributed by atoms with Crippen LogP contribution in [0.15, 0.2) is 23.1 Å². The summed E-state index contributed by atoms with van der Waals surface area (Å²) in [6.07, 6.45) is 4.22. The molecule has 22 heavy (non-hydrogen) atoms. The second-order valence-corrected chi connectivity index (χ2v) is 7.65. The van der Waals surface area contributed by atoms with Gasteiger partial charge in [0.2, 0.25) is 10.0 Å². The lowest BCUT2D eigenvalue weighted by atomic mass is 10.1. The van der Waals surface area contributed by atoms with Gasteiger partial charge in [0.15, 0.2) is 0 Å². The number of sulfonamides is 1. The van der Waals surface area contributed by atoms with E-state index < -0.39 is 15.8 Å². The molecule has 5 nitrogen and oxygen atoms in total. The third-order valence-corrected chi connectivity index (χ3v) is 5.16. The molecule has 1 atom stereocenters. The standard InChI is InChI=1S/C15H21FN2O3S/c16-13-4-1-5-14(22(17,19)20)15(13)18-8-2-3-12(9-18)21-10-11-6-7-11/h1,4-5,11-12H,2-3,6-10H2,(H2,17,19,20). The fourth-order valence-corrected chi connectivity index (χ4v) is 3.63. The highest BCUT2D eigenvalue weighted by Crippen LogP contribution is 2.32. The highest BCUT2D eigenvalue weighted by atomic mass is 32.2. The third-order valence-electron chi connectivity index (χ3n) is 4.22. The van der Waals surface area contributed by atoms with Gasteiger partial charge in [-0.25, -0.2) is 17.9 Å². The summed E-state index contributed by atoms with van der Waals surface area (Å²) in [6.45, 7) is 1.85. The van der Waals surface area contributed by atoms with Crippen LogP contribution >= 0.6 is 0 Å². The van der Waals surface area contributed by atoms with E-state index >= 15 is 0 Å². The number of hydrogen-bond acceptors (Lipinski definition) is 4. The molecule has 7 heteroatoms. The smallest absolute Gasteiger partial charge is 0.240 e. The van der Waals surface area contributed by atoms with E-state index in [-0.39, 0.29) is 16.7 Å². The van der Waals surface area contributed by atoms with Gasteiger partial charge in [-0.05, 0) is 43.7 Å². The largest absolute Gasteiger partial charge is 0.376 e. The Bertz CT molecular complexity index is 646. The first-order valence-corrected chi connectivity index (χ1v) is 9.17. The predicted octanol–water partition coefficient (Wildman–Crippen LogP) is 1.87. The van der Waals surface area contributed by atoms with Crippen molar-refractivity contribution in [2.24, 2.45) is 11.1 Å². The summed E-state index contributed by atoms with van der Waals surface area (Å²) in [7, 11) is -3.96. The monoisotopic (exact) mass is 328 g/mol. The average molecular weight is 328 g/mol. The Morgan fingerprint density at radius 2 is 2.09 bits per heavy atom. The molecule has 1 aromatic rings. The Morgan fingerprint density at radius 1 is 1.32 bits per heavy atom. The number of nitrogens with two attached hydrogens (primary N) is 1. The van der Waals surface area contributed by atoms with Crippen molar-refractivity contribution in [2.45, 2.75) is 36.7 Å². The van der Waals surface area contributed by atoms with E-state index in [0.717, 1.165) is 19.4 Å². The van der Waals surface area contributed by atoms with Gasteiger partial charge in [-0.15, -0.1) is 0 Å². The van der Waals surface area contributed by atoms with Gasteiger partial charge < -0.3 is 9.64 Å². The molecule has 2 fully saturated rings. The van der Waals surface area contributed by atoms with Crippen LogP contribution in [0.5, 0.6) is 0 Å². The number of hydrogen-bond donors (Lipinski definition) is 1. The molecule has 1 aromatic carbocycles. The molecule has 1 aliphatic heterocycles. The van der Waals surface area contributed by atoms with Crippen LogP contribution in [0.4, 0.5) is 10.1 Å². The number of halogens is 1. The molecule has 0 spiro atoms. The number of piperidine rings is 1. The van der Waals surface area contributed by atoms with Crippen molar-refractivity contribution >= 4 is 15.7 Å². The lowest BCUT2D eigenvalue weighted by Gasteiger charge is -2.35. The van der Waals surface area contributed by atoms with Crippen molar-refractivity contribution in [1.29, 1.82) is 0 Å². The molecule has 0 aromatic heterocycles. The van der Waals surface area contributed by atoms with E-state index in [1.165, 1.54) is 31.0 Å². The minimum atomic E-state index is -3.96. The molecule has 3 rings (SSSR count). The van der Waals surface area contributed by atoms with E-state index in [1.807, 2.05) is 0 Å². The van der Waals surface area contributed by atoms with Crippen LogP contribution in [0.1, 0.15) is 25.7 Å². The number of nitrogens with zero attached hydrogens (tertiary/aromatic N) is 1. The lowest BCUT2D eigenvalue weighted by Crippen LogP contribution is -2.41. The first kappa shape index (κ1) is 15.7. The zero-order valence-electron chi connectivity index (χ0n) is 12.4. The van der Waals surface area contributed by atoms with Gasteiger partial charge >= 0.3 is 0 Å². The van der Waals surface area contributed by atoms with Gasteiger partial charge in [-0.1, -0.05) is 6.07 Å². The Labute approximate surface area is 130 Å². The summed E-state index contributed by atoms with van der Waals surface area (Å²) in [6, 6.07) is 3.98. The summed E-state index contributed by atoms with van der Waals surface area (Å²) in [5.41, 5.74) is 0.0738. The molecule has 1 saturated heterocycles. The molecule has 2 aliphatic rings. The van der Waals surface area contributed by atoms with Crippen molar-refractivity contribution in [3.63, 3.8) is 0 Å². The molecule has 2 N–H and O–H groups in total. The third kappa shape index (κ3) is 3.59. The quantitative estimate of drug-likeness (QED) is 0.895. The first-order chi connectivity index (χ1) is 10.4. The SMILES string of the molecule is NS(=O)(=O)c1cccc(F)c1N1CCCC(OCC2CC2)C1. The van der Waals surface area contributed by atoms with E-state index in [4.69, 9.17) is 9.88 Å². The number of benzene rings is 1. The van der Waals surface area contributed by atoms with Crippen molar-refractivity contribution < 1.29 is 17.5 Å². The van der Waals surface area contributed by atoms with Crippen LogP contribution in [0.2, 0.25) is 0 Å². The van der Waals surface area contributed by atoms with E-state index in [2.05, 4.69) is 0 Å². The summed E-state index contributed by atoms with van der Waals surface area (Å²) >= 11 is 0. The maximum Gasteiger partial charge on any atom is 0.240 e. The van der Waals surface area contributed by atoms with Crippen LogP contribution in [-0.4, -0.2) is 34.2 Å². The van der Waals surface area contributed by atoms with Crippen LogP contribution in [-0.2, 0) is 14.8 Å². The van der Waals surface area contributed by atoms with Crippen molar-refractivity contribution in [3.05, 3.63) is 24.0 Å². The van der Waals surface area contributed by atoms with Gasteiger partial charge in [0.05, 0.1) is 11.8 Å². The number of primary sulfonamides is 1. The maximum absolute atomic E-state index is 14.2. The van der Waals surface area contributed by atoms with Crippen LogP contribution in [0.25, 0.3) is 0 Å². The average Bonchev–Trinajstić information content (AvgIpc) is 3.28. The Balaban J connectivity index is 1.80. The zero-order chi connectivity index (χ0) is 15.7. The second-order valence-electron chi connectivity index (χ2n) is 6.12. The highest BCUT2D eigenvalue weighted by molar-refractivity contribution is 7.89. The molecule has 0 amide bonds.